The van der Waals surface area contributed by atoms with Gasteiger partial charge in [-0.25, -0.2) is 4.99 Å². The van der Waals surface area contributed by atoms with Gasteiger partial charge in [-0.15, -0.1) is 0 Å². The van der Waals surface area contributed by atoms with Crippen LogP contribution >= 0.6 is 0 Å². The lowest BCUT2D eigenvalue weighted by atomic mass is 9.87. The number of guanidine groups is 1. The highest BCUT2D eigenvalue weighted by molar-refractivity contribution is 6.00. The van der Waals surface area contributed by atoms with Crippen LogP contribution < -0.4 is 11.1 Å². The molecule has 7 heteroatoms. The van der Waals surface area contributed by atoms with E-state index in [-0.39, 0.29) is 23.8 Å². The largest absolute Gasteiger partial charge is 0.387 e. The number of hydrogen-bond acceptors (Lipinski definition) is 5. The Morgan fingerprint density at radius 3 is 2.56 bits per heavy atom. The average molecular weight is 491 g/mol. The monoisotopic (exact) mass is 490 g/mol. The molecule has 2 amide bonds. The van der Waals surface area contributed by atoms with Crippen LogP contribution in [0.1, 0.15) is 98.9 Å². The standard InChI is InChI=1S/C29H38N4O3/c1-5-11-23(33-24(34)18-29(6-2,7-3)32-27(33)30)19-13-10-14-20(16-19)26(35)31-25-22-15-9-8-12-21(22)17-28(25,4)36/h8-10,12-16,23,25,36H,5-7,11,17-18H2,1-4H3,(H2,30,32)(H,31,35)/t23-,25+,28?/m1/s1. The second kappa shape index (κ2) is 10.1. The van der Waals surface area contributed by atoms with Gasteiger partial charge in [0.1, 0.15) is 0 Å². The molecule has 192 valence electrons. The van der Waals surface area contributed by atoms with Crippen molar-refractivity contribution in [1.82, 2.24) is 10.2 Å². The van der Waals surface area contributed by atoms with Gasteiger partial charge in [0.15, 0.2) is 5.96 Å². The molecule has 4 rings (SSSR count). The zero-order valence-electron chi connectivity index (χ0n) is 21.8. The number of hydrogen-bond donors (Lipinski definition) is 3. The Labute approximate surface area is 213 Å². The average Bonchev–Trinajstić information content (AvgIpc) is 3.12. The van der Waals surface area contributed by atoms with Crippen molar-refractivity contribution in [2.75, 3.05) is 0 Å². The first kappa shape index (κ1) is 25.9. The molecule has 1 unspecified atom stereocenters. The molecule has 3 atom stereocenters. The second-order valence-electron chi connectivity index (χ2n) is 10.4. The Balaban J connectivity index is 1.62. The minimum atomic E-state index is -1.07. The van der Waals surface area contributed by atoms with Gasteiger partial charge in [-0.2, -0.15) is 0 Å². The highest BCUT2D eigenvalue weighted by Gasteiger charge is 2.42. The van der Waals surface area contributed by atoms with Crippen LogP contribution in [0.25, 0.3) is 0 Å². The Hall–Kier alpha value is -3.19. The molecule has 0 bridgehead atoms. The number of nitrogens with one attached hydrogen (secondary N) is 1. The Kier molecular flexibility index (Phi) is 7.23. The van der Waals surface area contributed by atoms with Gasteiger partial charge in [0.2, 0.25) is 5.91 Å². The molecule has 36 heavy (non-hydrogen) atoms. The van der Waals surface area contributed by atoms with Crippen molar-refractivity contribution < 1.29 is 14.7 Å². The van der Waals surface area contributed by atoms with E-state index in [1.165, 1.54) is 0 Å². The normalized spacial score (nSPS) is 23.7. The van der Waals surface area contributed by atoms with Crippen molar-refractivity contribution in [1.29, 1.82) is 0 Å². The fourth-order valence-electron chi connectivity index (χ4n) is 5.67. The van der Waals surface area contributed by atoms with Gasteiger partial charge in [0.25, 0.3) is 5.91 Å². The van der Waals surface area contributed by atoms with E-state index >= 15 is 0 Å². The van der Waals surface area contributed by atoms with Crippen molar-refractivity contribution >= 4 is 17.8 Å². The Morgan fingerprint density at radius 2 is 1.89 bits per heavy atom. The number of fused-ring (bicyclic) bond motifs is 1. The summed E-state index contributed by atoms with van der Waals surface area (Å²) < 4.78 is 0. The number of carbonyl (C=O) groups excluding carboxylic acids is 2. The first-order chi connectivity index (χ1) is 17.1. The molecular formula is C29H38N4O3. The molecule has 2 aliphatic rings. The number of aliphatic imine (C=N–C) groups is 1. The van der Waals surface area contributed by atoms with Crippen LogP contribution in [-0.4, -0.2) is 38.9 Å². The van der Waals surface area contributed by atoms with Crippen molar-refractivity contribution in [2.45, 2.75) is 89.4 Å². The van der Waals surface area contributed by atoms with Crippen LogP contribution in [0.4, 0.5) is 0 Å². The van der Waals surface area contributed by atoms with Crippen molar-refractivity contribution in [3.8, 4) is 0 Å². The minimum Gasteiger partial charge on any atom is -0.387 e. The number of aliphatic hydroxyl groups is 1. The summed E-state index contributed by atoms with van der Waals surface area (Å²) in [6.07, 6.45) is 3.87. The number of amides is 2. The maximum Gasteiger partial charge on any atom is 0.251 e. The molecule has 1 aliphatic heterocycles. The number of nitrogens with two attached hydrogens (primary N) is 1. The summed E-state index contributed by atoms with van der Waals surface area (Å²) in [4.78, 5) is 33.1. The van der Waals surface area contributed by atoms with Crippen LogP contribution in [-0.2, 0) is 11.2 Å². The van der Waals surface area contributed by atoms with Crippen molar-refractivity contribution in [2.24, 2.45) is 10.7 Å². The maximum absolute atomic E-state index is 13.3. The number of carbonyl (C=O) groups is 2. The smallest absolute Gasteiger partial charge is 0.251 e. The predicted molar refractivity (Wildman–Crippen MR) is 141 cm³/mol. The van der Waals surface area contributed by atoms with Gasteiger partial charge in [0.05, 0.1) is 29.6 Å². The zero-order chi connectivity index (χ0) is 26.1. The topological polar surface area (TPSA) is 108 Å². The van der Waals surface area contributed by atoms with E-state index in [4.69, 9.17) is 10.7 Å². The van der Waals surface area contributed by atoms with Crippen molar-refractivity contribution in [3.05, 3.63) is 70.8 Å². The van der Waals surface area contributed by atoms with Crippen LogP contribution in [0, 0.1) is 0 Å². The molecule has 0 aromatic heterocycles. The summed E-state index contributed by atoms with van der Waals surface area (Å²) in [5.74, 6) is -0.0448. The lowest BCUT2D eigenvalue weighted by Crippen LogP contribution is -2.52. The highest BCUT2D eigenvalue weighted by Crippen LogP contribution is 2.39. The molecule has 1 heterocycles. The van der Waals surface area contributed by atoms with Gasteiger partial charge in [-0.05, 0) is 55.0 Å². The molecule has 0 saturated heterocycles. The predicted octanol–water partition coefficient (Wildman–Crippen LogP) is 4.41. The van der Waals surface area contributed by atoms with Crippen LogP contribution in [0.2, 0.25) is 0 Å². The third-order valence-electron chi connectivity index (χ3n) is 7.88. The third-order valence-corrected chi connectivity index (χ3v) is 7.88. The molecule has 4 N–H and O–H groups in total. The fourth-order valence-corrected chi connectivity index (χ4v) is 5.67. The van der Waals surface area contributed by atoms with E-state index < -0.39 is 17.2 Å². The fraction of sp³-hybridized carbons (Fsp3) is 0.483. The lowest BCUT2D eigenvalue weighted by molar-refractivity contribution is -0.131. The molecule has 0 radical (unpaired) electrons. The molecule has 1 aliphatic carbocycles. The number of nitrogens with zero attached hydrogens (tertiary/aromatic N) is 2. The van der Waals surface area contributed by atoms with Gasteiger partial charge >= 0.3 is 0 Å². The van der Waals surface area contributed by atoms with Crippen LogP contribution in [0.3, 0.4) is 0 Å². The van der Waals surface area contributed by atoms with Gasteiger partial charge in [-0.3, -0.25) is 14.5 Å². The summed E-state index contributed by atoms with van der Waals surface area (Å²) in [5.41, 5.74) is 8.18. The highest BCUT2D eigenvalue weighted by atomic mass is 16.3. The molecule has 7 nitrogen and oxygen atoms in total. The van der Waals surface area contributed by atoms with Gasteiger partial charge in [0, 0.05) is 12.0 Å². The quantitative estimate of drug-likeness (QED) is 0.509. The number of benzene rings is 2. The van der Waals surface area contributed by atoms with Gasteiger partial charge in [-0.1, -0.05) is 63.6 Å². The summed E-state index contributed by atoms with van der Waals surface area (Å²) in [6.45, 7) is 7.89. The van der Waals surface area contributed by atoms with E-state index in [1.54, 1.807) is 17.9 Å². The van der Waals surface area contributed by atoms with E-state index in [9.17, 15) is 14.7 Å². The van der Waals surface area contributed by atoms with E-state index in [1.807, 2.05) is 56.3 Å². The summed E-state index contributed by atoms with van der Waals surface area (Å²) in [5, 5.41) is 14.1. The molecule has 2 aromatic rings. The van der Waals surface area contributed by atoms with Crippen LogP contribution in [0.15, 0.2) is 53.5 Å². The lowest BCUT2D eigenvalue weighted by Gasteiger charge is -2.40. The molecule has 0 spiro atoms. The van der Waals surface area contributed by atoms with Gasteiger partial charge < -0.3 is 16.2 Å². The second-order valence-corrected chi connectivity index (χ2v) is 10.4. The third kappa shape index (κ3) is 4.76. The first-order valence-corrected chi connectivity index (χ1v) is 13.0. The van der Waals surface area contributed by atoms with Crippen molar-refractivity contribution in [3.63, 3.8) is 0 Å². The maximum atomic E-state index is 13.3. The minimum absolute atomic E-state index is 0.0295. The number of rotatable bonds is 8. The van der Waals surface area contributed by atoms with E-state index in [2.05, 4.69) is 12.2 Å². The summed E-state index contributed by atoms with van der Waals surface area (Å²) >= 11 is 0. The SMILES string of the molecule is CCC[C@H](c1cccc(C(=O)N[C@H]2c3ccccc3CC2(C)O)c1)N1C(=O)CC(CC)(CC)N=C1N. The van der Waals surface area contributed by atoms with E-state index in [0.717, 1.165) is 36.0 Å². The first-order valence-electron chi connectivity index (χ1n) is 13.0. The molecule has 0 fully saturated rings. The molecule has 2 aromatic carbocycles. The van der Waals surface area contributed by atoms with Crippen LogP contribution in [0.5, 0.6) is 0 Å². The Bertz CT molecular complexity index is 1170. The summed E-state index contributed by atoms with van der Waals surface area (Å²) in [6, 6.07) is 14.3. The summed E-state index contributed by atoms with van der Waals surface area (Å²) in [7, 11) is 0. The van der Waals surface area contributed by atoms with E-state index in [0.29, 0.717) is 24.8 Å². The Morgan fingerprint density at radius 1 is 1.17 bits per heavy atom. The zero-order valence-corrected chi connectivity index (χ0v) is 21.8. The molecular weight excluding hydrogens is 452 g/mol. The molecule has 0 saturated carbocycles.